The van der Waals surface area contributed by atoms with E-state index in [0.29, 0.717) is 11.3 Å². The molecule has 5 nitrogen and oxygen atoms in total. The van der Waals surface area contributed by atoms with Crippen molar-refractivity contribution in [1.82, 2.24) is 4.90 Å². The van der Waals surface area contributed by atoms with Crippen LogP contribution in [0.3, 0.4) is 0 Å². The SMILES string of the molecule is CC(=O)c1ccccc1N1CC(=O)N(C)C(=O)C1. The fraction of sp³-hybridized carbons (Fsp3) is 0.308. The van der Waals surface area contributed by atoms with Gasteiger partial charge in [-0.2, -0.15) is 0 Å². The lowest BCUT2D eigenvalue weighted by Crippen LogP contribution is -2.52. The molecule has 1 aliphatic heterocycles. The van der Waals surface area contributed by atoms with E-state index in [2.05, 4.69) is 0 Å². The summed E-state index contributed by atoms with van der Waals surface area (Å²) in [5, 5.41) is 0. The van der Waals surface area contributed by atoms with Crippen LogP contribution in [-0.2, 0) is 9.59 Å². The maximum absolute atomic E-state index is 11.6. The highest BCUT2D eigenvalue weighted by atomic mass is 16.2. The summed E-state index contributed by atoms with van der Waals surface area (Å²) in [4.78, 5) is 37.6. The van der Waals surface area contributed by atoms with Crippen LogP contribution in [0.15, 0.2) is 24.3 Å². The van der Waals surface area contributed by atoms with Gasteiger partial charge in [-0.1, -0.05) is 12.1 Å². The molecule has 94 valence electrons. The Morgan fingerprint density at radius 2 is 1.67 bits per heavy atom. The Hall–Kier alpha value is -2.17. The predicted octanol–water partition coefficient (Wildman–Crippen LogP) is 0.694. The second kappa shape index (κ2) is 4.60. The molecule has 2 amide bonds. The minimum absolute atomic E-state index is 0.0792. The van der Waals surface area contributed by atoms with E-state index in [0.717, 1.165) is 4.90 Å². The monoisotopic (exact) mass is 246 g/mol. The van der Waals surface area contributed by atoms with Crippen LogP contribution in [0, 0.1) is 0 Å². The Bertz CT molecular complexity index is 507. The number of hydrogen-bond donors (Lipinski definition) is 0. The Labute approximate surface area is 105 Å². The van der Waals surface area contributed by atoms with Crippen molar-refractivity contribution in [3.8, 4) is 0 Å². The number of carbonyl (C=O) groups excluding carboxylic acids is 3. The second-order valence-corrected chi connectivity index (χ2v) is 4.28. The lowest BCUT2D eigenvalue weighted by atomic mass is 10.1. The lowest BCUT2D eigenvalue weighted by Gasteiger charge is -2.32. The number of likely N-dealkylation sites (N-methyl/N-ethyl adjacent to an activating group) is 1. The van der Waals surface area contributed by atoms with E-state index in [1.807, 2.05) is 0 Å². The number of para-hydroxylation sites is 1. The van der Waals surface area contributed by atoms with Crippen LogP contribution in [0.25, 0.3) is 0 Å². The fourth-order valence-electron chi connectivity index (χ4n) is 1.95. The Morgan fingerprint density at radius 1 is 1.11 bits per heavy atom. The fourth-order valence-corrected chi connectivity index (χ4v) is 1.95. The molecule has 1 aliphatic rings. The molecule has 1 saturated heterocycles. The van der Waals surface area contributed by atoms with Gasteiger partial charge in [0.25, 0.3) is 0 Å². The summed E-state index contributed by atoms with van der Waals surface area (Å²) in [5.74, 6) is -0.598. The van der Waals surface area contributed by atoms with E-state index in [-0.39, 0.29) is 30.7 Å². The van der Waals surface area contributed by atoms with E-state index in [1.54, 1.807) is 29.2 Å². The molecule has 1 fully saturated rings. The van der Waals surface area contributed by atoms with Crippen LogP contribution in [0.5, 0.6) is 0 Å². The molecule has 0 N–H and O–H groups in total. The van der Waals surface area contributed by atoms with Crippen molar-refractivity contribution >= 4 is 23.3 Å². The standard InChI is InChI=1S/C13H14N2O3/c1-9(16)10-5-3-4-6-11(10)15-7-12(17)14(2)13(18)8-15/h3-6H,7-8H2,1-2H3. The zero-order valence-electron chi connectivity index (χ0n) is 10.3. The molecule has 0 saturated carbocycles. The molecule has 1 aromatic rings. The van der Waals surface area contributed by atoms with Crippen LogP contribution in [-0.4, -0.2) is 42.6 Å². The topological polar surface area (TPSA) is 57.7 Å². The summed E-state index contributed by atoms with van der Waals surface area (Å²) < 4.78 is 0. The number of Topliss-reactive ketones (excluding diaryl/α,β-unsaturated/α-hetero) is 1. The van der Waals surface area contributed by atoms with E-state index in [9.17, 15) is 14.4 Å². The van der Waals surface area contributed by atoms with Crippen molar-refractivity contribution in [1.29, 1.82) is 0 Å². The summed E-state index contributed by atoms with van der Waals surface area (Å²) in [7, 11) is 1.47. The summed E-state index contributed by atoms with van der Waals surface area (Å²) in [6, 6.07) is 7.00. The zero-order valence-corrected chi connectivity index (χ0v) is 10.3. The van der Waals surface area contributed by atoms with Crippen LogP contribution >= 0.6 is 0 Å². The van der Waals surface area contributed by atoms with E-state index >= 15 is 0 Å². The number of hydrogen-bond acceptors (Lipinski definition) is 4. The molecule has 2 rings (SSSR count). The van der Waals surface area contributed by atoms with Gasteiger partial charge in [-0.15, -0.1) is 0 Å². The first-order valence-corrected chi connectivity index (χ1v) is 5.65. The van der Waals surface area contributed by atoms with Crippen LogP contribution < -0.4 is 4.90 Å². The molecule has 0 spiro atoms. The van der Waals surface area contributed by atoms with Crippen LogP contribution in [0.1, 0.15) is 17.3 Å². The average molecular weight is 246 g/mol. The molecule has 18 heavy (non-hydrogen) atoms. The smallest absolute Gasteiger partial charge is 0.248 e. The maximum Gasteiger partial charge on any atom is 0.248 e. The van der Waals surface area contributed by atoms with Gasteiger partial charge in [-0.05, 0) is 19.1 Å². The Balaban J connectivity index is 2.35. The van der Waals surface area contributed by atoms with Crippen LogP contribution in [0.4, 0.5) is 5.69 Å². The third-order valence-corrected chi connectivity index (χ3v) is 3.02. The first-order valence-electron chi connectivity index (χ1n) is 5.65. The van der Waals surface area contributed by atoms with Gasteiger partial charge in [-0.3, -0.25) is 19.3 Å². The van der Waals surface area contributed by atoms with Crippen molar-refractivity contribution in [3.05, 3.63) is 29.8 Å². The maximum atomic E-state index is 11.6. The molecule has 0 aliphatic carbocycles. The highest BCUT2D eigenvalue weighted by molar-refractivity contribution is 6.05. The molecule has 0 aromatic heterocycles. The van der Waals surface area contributed by atoms with Gasteiger partial charge in [0.15, 0.2) is 5.78 Å². The summed E-state index contributed by atoms with van der Waals surface area (Å²) >= 11 is 0. The number of imide groups is 1. The molecule has 0 unspecified atom stereocenters. The van der Waals surface area contributed by atoms with Gasteiger partial charge in [0.05, 0.1) is 13.1 Å². The normalized spacial score (nSPS) is 16.1. The van der Waals surface area contributed by atoms with Gasteiger partial charge >= 0.3 is 0 Å². The first kappa shape index (κ1) is 12.3. The van der Waals surface area contributed by atoms with Crippen molar-refractivity contribution in [3.63, 3.8) is 0 Å². The molecular formula is C13H14N2O3. The van der Waals surface area contributed by atoms with E-state index < -0.39 is 0 Å². The number of ketones is 1. The lowest BCUT2D eigenvalue weighted by molar-refractivity contribution is -0.143. The largest absolute Gasteiger partial charge is 0.352 e. The molecule has 0 radical (unpaired) electrons. The quantitative estimate of drug-likeness (QED) is 0.569. The molecule has 0 bridgehead atoms. The number of carbonyl (C=O) groups is 3. The second-order valence-electron chi connectivity index (χ2n) is 4.28. The molecule has 1 aromatic carbocycles. The van der Waals surface area contributed by atoms with Crippen molar-refractivity contribution in [2.75, 3.05) is 25.0 Å². The third kappa shape index (κ3) is 2.11. The van der Waals surface area contributed by atoms with Crippen molar-refractivity contribution < 1.29 is 14.4 Å². The molecule has 1 heterocycles. The van der Waals surface area contributed by atoms with Crippen molar-refractivity contribution in [2.45, 2.75) is 6.92 Å². The Morgan fingerprint density at radius 3 is 2.22 bits per heavy atom. The number of benzene rings is 1. The molecule has 0 atom stereocenters. The van der Waals surface area contributed by atoms with Crippen LogP contribution in [0.2, 0.25) is 0 Å². The molecular weight excluding hydrogens is 232 g/mol. The summed E-state index contributed by atoms with van der Waals surface area (Å²) in [6.45, 7) is 1.71. The number of amides is 2. The summed E-state index contributed by atoms with van der Waals surface area (Å²) in [5.41, 5.74) is 1.17. The number of rotatable bonds is 2. The van der Waals surface area contributed by atoms with Gasteiger partial charge in [0.2, 0.25) is 11.8 Å². The van der Waals surface area contributed by atoms with Gasteiger partial charge in [-0.25, -0.2) is 0 Å². The van der Waals surface area contributed by atoms with Gasteiger partial charge in [0.1, 0.15) is 0 Å². The number of anilines is 1. The average Bonchev–Trinajstić information content (AvgIpc) is 2.35. The third-order valence-electron chi connectivity index (χ3n) is 3.02. The number of piperazine rings is 1. The Kier molecular flexibility index (Phi) is 3.14. The van der Waals surface area contributed by atoms with E-state index in [4.69, 9.17) is 0 Å². The van der Waals surface area contributed by atoms with Gasteiger partial charge < -0.3 is 4.90 Å². The highest BCUT2D eigenvalue weighted by Gasteiger charge is 2.29. The minimum Gasteiger partial charge on any atom is -0.352 e. The first-order chi connectivity index (χ1) is 8.50. The van der Waals surface area contributed by atoms with Crippen molar-refractivity contribution in [2.24, 2.45) is 0 Å². The highest BCUT2D eigenvalue weighted by Crippen LogP contribution is 2.22. The minimum atomic E-state index is -0.260. The number of nitrogens with zero attached hydrogens (tertiary/aromatic N) is 2. The van der Waals surface area contributed by atoms with Gasteiger partial charge in [0, 0.05) is 18.3 Å². The summed E-state index contributed by atoms with van der Waals surface area (Å²) in [6.07, 6.45) is 0. The zero-order chi connectivity index (χ0) is 13.3. The predicted molar refractivity (Wildman–Crippen MR) is 66.4 cm³/mol. The molecule has 5 heteroatoms. The van der Waals surface area contributed by atoms with E-state index in [1.165, 1.54) is 14.0 Å².